The van der Waals surface area contributed by atoms with Crippen molar-refractivity contribution in [2.45, 2.75) is 12.3 Å². The quantitative estimate of drug-likeness (QED) is 0.783. The third-order valence-corrected chi connectivity index (χ3v) is 3.99. The summed E-state index contributed by atoms with van der Waals surface area (Å²) < 4.78 is 0. The van der Waals surface area contributed by atoms with E-state index in [1.807, 2.05) is 47.4 Å². The Bertz CT molecular complexity index is 619. The normalized spacial score (nSPS) is 18.3. The first-order valence-corrected chi connectivity index (χ1v) is 7.40. The van der Waals surface area contributed by atoms with Crippen LogP contribution >= 0.6 is 0 Å². The predicted octanol–water partition coefficient (Wildman–Crippen LogP) is 3.72. The van der Waals surface area contributed by atoms with E-state index >= 15 is 0 Å². The van der Waals surface area contributed by atoms with Crippen LogP contribution in [0.1, 0.15) is 23.5 Å². The van der Waals surface area contributed by atoms with E-state index in [4.69, 9.17) is 0 Å². The van der Waals surface area contributed by atoms with Crippen LogP contribution < -0.4 is 0 Å². The van der Waals surface area contributed by atoms with Crippen LogP contribution in [-0.4, -0.2) is 23.9 Å². The number of benzene rings is 2. The maximum Gasteiger partial charge on any atom is 0.246 e. The van der Waals surface area contributed by atoms with Crippen LogP contribution in [-0.2, 0) is 4.79 Å². The smallest absolute Gasteiger partial charge is 0.246 e. The molecule has 1 atom stereocenters. The molecule has 1 saturated heterocycles. The fraction of sp³-hybridized carbons (Fsp3) is 0.211. The highest BCUT2D eigenvalue weighted by Gasteiger charge is 2.25. The Labute approximate surface area is 125 Å². The van der Waals surface area contributed by atoms with Crippen LogP contribution in [0.2, 0.25) is 0 Å². The largest absolute Gasteiger partial charge is 0.339 e. The average Bonchev–Trinajstić information content (AvgIpc) is 3.04. The molecule has 0 N–H and O–H groups in total. The van der Waals surface area contributed by atoms with E-state index in [0.717, 1.165) is 25.1 Å². The third-order valence-electron chi connectivity index (χ3n) is 3.99. The number of rotatable bonds is 3. The Hall–Kier alpha value is -2.35. The maximum absolute atomic E-state index is 12.2. The zero-order valence-corrected chi connectivity index (χ0v) is 12.0. The molecule has 0 aromatic heterocycles. The van der Waals surface area contributed by atoms with Gasteiger partial charge in [0.1, 0.15) is 0 Å². The summed E-state index contributed by atoms with van der Waals surface area (Å²) in [5.41, 5.74) is 2.39. The lowest BCUT2D eigenvalue weighted by Gasteiger charge is -2.14. The van der Waals surface area contributed by atoms with Crippen LogP contribution in [0.3, 0.4) is 0 Å². The lowest BCUT2D eigenvalue weighted by atomic mass is 9.99. The van der Waals surface area contributed by atoms with Gasteiger partial charge in [0.2, 0.25) is 5.91 Å². The van der Waals surface area contributed by atoms with Gasteiger partial charge in [-0.15, -0.1) is 0 Å². The Morgan fingerprint density at radius 1 is 1.00 bits per heavy atom. The summed E-state index contributed by atoms with van der Waals surface area (Å²) in [6.07, 6.45) is 4.62. The van der Waals surface area contributed by atoms with Crippen molar-refractivity contribution >= 4 is 12.0 Å². The summed E-state index contributed by atoms with van der Waals surface area (Å²) in [6.45, 7) is 1.67. The Kier molecular flexibility index (Phi) is 4.15. The Balaban J connectivity index is 1.61. The van der Waals surface area contributed by atoms with E-state index in [9.17, 15) is 4.79 Å². The molecule has 21 heavy (non-hydrogen) atoms. The van der Waals surface area contributed by atoms with Gasteiger partial charge in [-0.25, -0.2) is 0 Å². The molecule has 0 spiro atoms. The van der Waals surface area contributed by atoms with Crippen molar-refractivity contribution < 1.29 is 4.79 Å². The highest BCUT2D eigenvalue weighted by Crippen LogP contribution is 2.27. The SMILES string of the molecule is O=C(/C=C/c1ccccc1)N1CC[C@H](c2ccccc2)C1. The van der Waals surface area contributed by atoms with Gasteiger partial charge in [-0.3, -0.25) is 4.79 Å². The molecule has 2 aromatic carbocycles. The zero-order valence-electron chi connectivity index (χ0n) is 12.0. The number of carbonyl (C=O) groups is 1. The molecule has 0 unspecified atom stereocenters. The van der Waals surface area contributed by atoms with Gasteiger partial charge < -0.3 is 4.90 Å². The molecule has 0 aliphatic carbocycles. The van der Waals surface area contributed by atoms with Crippen LogP contribution in [0.4, 0.5) is 0 Å². The Morgan fingerprint density at radius 2 is 1.67 bits per heavy atom. The lowest BCUT2D eigenvalue weighted by molar-refractivity contribution is -0.124. The van der Waals surface area contributed by atoms with E-state index in [1.54, 1.807) is 6.08 Å². The van der Waals surface area contributed by atoms with Crippen LogP contribution in [0.15, 0.2) is 66.7 Å². The molecular formula is C19H19NO. The number of carbonyl (C=O) groups excluding carboxylic acids is 1. The molecular weight excluding hydrogens is 258 g/mol. The molecule has 1 heterocycles. The van der Waals surface area contributed by atoms with Crippen LogP contribution in [0.25, 0.3) is 6.08 Å². The molecule has 1 fully saturated rings. The second-order valence-corrected chi connectivity index (χ2v) is 5.42. The molecule has 1 amide bonds. The number of hydrogen-bond acceptors (Lipinski definition) is 1. The standard InChI is InChI=1S/C19H19NO/c21-19(12-11-16-7-3-1-4-8-16)20-14-13-18(15-20)17-9-5-2-6-10-17/h1-12,18H,13-15H2/b12-11+/t18-/m0/s1. The van der Waals surface area contributed by atoms with Gasteiger partial charge in [-0.2, -0.15) is 0 Å². The fourth-order valence-corrected chi connectivity index (χ4v) is 2.79. The van der Waals surface area contributed by atoms with Crippen LogP contribution in [0, 0.1) is 0 Å². The molecule has 106 valence electrons. The molecule has 0 saturated carbocycles. The minimum Gasteiger partial charge on any atom is -0.339 e. The Morgan fingerprint density at radius 3 is 2.38 bits per heavy atom. The topological polar surface area (TPSA) is 20.3 Å². The van der Waals surface area contributed by atoms with E-state index in [2.05, 4.69) is 24.3 Å². The summed E-state index contributed by atoms with van der Waals surface area (Å²) in [4.78, 5) is 14.2. The van der Waals surface area contributed by atoms with Crippen molar-refractivity contribution in [2.24, 2.45) is 0 Å². The van der Waals surface area contributed by atoms with Gasteiger partial charge >= 0.3 is 0 Å². The van der Waals surface area contributed by atoms with Crippen molar-refractivity contribution in [3.63, 3.8) is 0 Å². The molecule has 1 aliphatic heterocycles. The van der Waals surface area contributed by atoms with E-state index in [0.29, 0.717) is 5.92 Å². The summed E-state index contributed by atoms with van der Waals surface area (Å²) >= 11 is 0. The number of amides is 1. The molecule has 0 radical (unpaired) electrons. The summed E-state index contributed by atoms with van der Waals surface area (Å²) in [5.74, 6) is 0.581. The van der Waals surface area contributed by atoms with E-state index in [-0.39, 0.29) is 5.91 Å². The minimum absolute atomic E-state index is 0.109. The van der Waals surface area contributed by atoms with Crippen molar-refractivity contribution in [3.05, 3.63) is 77.9 Å². The first kappa shape index (κ1) is 13.6. The highest BCUT2D eigenvalue weighted by molar-refractivity contribution is 5.92. The lowest BCUT2D eigenvalue weighted by Crippen LogP contribution is -2.26. The number of hydrogen-bond donors (Lipinski definition) is 0. The van der Waals surface area contributed by atoms with Gasteiger partial charge in [0.15, 0.2) is 0 Å². The molecule has 1 aliphatic rings. The van der Waals surface area contributed by atoms with Gasteiger partial charge in [-0.05, 0) is 23.6 Å². The number of likely N-dealkylation sites (tertiary alicyclic amines) is 1. The second-order valence-electron chi connectivity index (χ2n) is 5.42. The number of nitrogens with zero attached hydrogens (tertiary/aromatic N) is 1. The average molecular weight is 277 g/mol. The molecule has 3 rings (SSSR count). The van der Waals surface area contributed by atoms with E-state index < -0.39 is 0 Å². The zero-order chi connectivity index (χ0) is 14.5. The van der Waals surface area contributed by atoms with Crippen molar-refractivity contribution in [2.75, 3.05) is 13.1 Å². The summed E-state index contributed by atoms with van der Waals surface area (Å²) in [6, 6.07) is 20.4. The first-order valence-electron chi connectivity index (χ1n) is 7.40. The molecule has 2 heteroatoms. The monoisotopic (exact) mass is 277 g/mol. The fourth-order valence-electron chi connectivity index (χ4n) is 2.79. The van der Waals surface area contributed by atoms with Gasteiger partial charge in [-0.1, -0.05) is 60.7 Å². The molecule has 2 nitrogen and oxygen atoms in total. The van der Waals surface area contributed by atoms with Crippen molar-refractivity contribution in [1.82, 2.24) is 4.90 Å². The maximum atomic E-state index is 12.2. The molecule has 2 aromatic rings. The summed E-state index contributed by atoms with van der Waals surface area (Å²) in [5, 5.41) is 0. The third kappa shape index (κ3) is 3.40. The highest BCUT2D eigenvalue weighted by atomic mass is 16.2. The van der Waals surface area contributed by atoms with Gasteiger partial charge in [0, 0.05) is 25.1 Å². The van der Waals surface area contributed by atoms with Crippen molar-refractivity contribution in [1.29, 1.82) is 0 Å². The van der Waals surface area contributed by atoms with Gasteiger partial charge in [0.25, 0.3) is 0 Å². The van der Waals surface area contributed by atoms with Gasteiger partial charge in [0.05, 0.1) is 0 Å². The second kappa shape index (κ2) is 6.40. The predicted molar refractivity (Wildman–Crippen MR) is 85.9 cm³/mol. The molecule has 0 bridgehead atoms. The van der Waals surface area contributed by atoms with E-state index in [1.165, 1.54) is 5.56 Å². The summed E-state index contributed by atoms with van der Waals surface area (Å²) in [7, 11) is 0. The van der Waals surface area contributed by atoms with Crippen LogP contribution in [0.5, 0.6) is 0 Å². The first-order chi connectivity index (χ1) is 10.3. The minimum atomic E-state index is 0.109. The van der Waals surface area contributed by atoms with Crippen molar-refractivity contribution in [3.8, 4) is 0 Å².